The first-order chi connectivity index (χ1) is 15.2. The van der Waals surface area contributed by atoms with E-state index in [1.807, 2.05) is 0 Å². The lowest BCUT2D eigenvalue weighted by Gasteiger charge is -2.61. The van der Waals surface area contributed by atoms with Gasteiger partial charge in [-0.2, -0.15) is 0 Å². The lowest BCUT2D eigenvalue weighted by molar-refractivity contribution is -0.113. The number of hydrogen-bond acceptors (Lipinski definition) is 3. The van der Waals surface area contributed by atoms with E-state index in [2.05, 4.69) is 46.2 Å². The molecule has 8 atom stereocenters. The number of hydrogen-bond donors (Lipinski definition) is 2. The zero-order valence-electron chi connectivity index (χ0n) is 22.3. The Morgan fingerprint density at radius 3 is 2.25 bits per heavy atom. The first-order valence-electron chi connectivity index (χ1n) is 13.4. The Morgan fingerprint density at radius 1 is 0.938 bits per heavy atom. The van der Waals surface area contributed by atoms with Gasteiger partial charge >= 0.3 is 0 Å². The molecule has 4 aliphatic rings. The van der Waals surface area contributed by atoms with Crippen LogP contribution in [0.4, 0.5) is 0 Å². The van der Waals surface area contributed by atoms with Gasteiger partial charge in [-0.3, -0.25) is 5.14 Å². The molecule has 0 aliphatic heterocycles. The van der Waals surface area contributed by atoms with E-state index < -0.39 is 0 Å². The SMILES string of the molecule is CC(CSN)C(C)(C)CC1CCC2C3CCC4CCCCC4(C)C3CCC12C.CCl.CO. The van der Waals surface area contributed by atoms with Crippen molar-refractivity contribution in [1.82, 2.24) is 0 Å². The third-order valence-electron chi connectivity index (χ3n) is 11.2. The molecule has 4 heteroatoms. The maximum absolute atomic E-state index is 7.00. The molecule has 0 heterocycles. The van der Waals surface area contributed by atoms with Crippen molar-refractivity contribution in [3.8, 4) is 0 Å². The van der Waals surface area contributed by atoms with Crippen molar-refractivity contribution in [3.05, 3.63) is 0 Å². The Hall–Kier alpha value is 0.560. The van der Waals surface area contributed by atoms with Crippen molar-refractivity contribution in [1.29, 1.82) is 0 Å². The van der Waals surface area contributed by atoms with Crippen LogP contribution in [0.3, 0.4) is 0 Å². The molecule has 0 aromatic heterocycles. The van der Waals surface area contributed by atoms with Crippen LogP contribution in [0.1, 0.15) is 105 Å². The van der Waals surface area contributed by atoms with Crippen LogP contribution in [0.5, 0.6) is 0 Å². The Balaban J connectivity index is 0.000000860. The molecular formula is C28H54ClNOS. The molecule has 0 aromatic rings. The molecule has 190 valence electrons. The summed E-state index contributed by atoms with van der Waals surface area (Å²) >= 11 is 6.18. The van der Waals surface area contributed by atoms with Gasteiger partial charge in [-0.15, -0.1) is 11.6 Å². The van der Waals surface area contributed by atoms with Gasteiger partial charge in [0.05, 0.1) is 0 Å². The second kappa shape index (κ2) is 12.0. The highest BCUT2D eigenvalue weighted by Crippen LogP contribution is 2.68. The maximum atomic E-state index is 7.00. The van der Waals surface area contributed by atoms with Crippen molar-refractivity contribution in [3.63, 3.8) is 0 Å². The number of aliphatic hydroxyl groups is 1. The Bertz CT molecular complexity index is 572. The highest BCUT2D eigenvalue weighted by atomic mass is 35.5. The summed E-state index contributed by atoms with van der Waals surface area (Å²) < 4.78 is 0. The van der Waals surface area contributed by atoms with Crippen molar-refractivity contribution in [2.24, 2.45) is 56.9 Å². The van der Waals surface area contributed by atoms with E-state index in [0.29, 0.717) is 22.2 Å². The summed E-state index contributed by atoms with van der Waals surface area (Å²) in [6.07, 6.45) is 18.2. The molecule has 4 aliphatic carbocycles. The highest BCUT2D eigenvalue weighted by molar-refractivity contribution is 7.97. The second-order valence-electron chi connectivity index (χ2n) is 12.6. The fourth-order valence-electron chi connectivity index (χ4n) is 8.95. The Kier molecular flexibility index (Phi) is 10.8. The van der Waals surface area contributed by atoms with Crippen LogP contribution in [-0.2, 0) is 0 Å². The minimum absolute atomic E-state index is 0.415. The smallest absolute Gasteiger partial charge is 0.0319 e. The molecule has 0 radical (unpaired) electrons. The predicted molar refractivity (Wildman–Crippen MR) is 144 cm³/mol. The molecule has 4 saturated carbocycles. The predicted octanol–water partition coefficient (Wildman–Crippen LogP) is 8.16. The molecule has 8 unspecified atom stereocenters. The zero-order chi connectivity index (χ0) is 24.2. The van der Waals surface area contributed by atoms with Gasteiger partial charge in [-0.05, 0) is 110 Å². The van der Waals surface area contributed by atoms with Crippen molar-refractivity contribution in [2.45, 2.75) is 105 Å². The van der Waals surface area contributed by atoms with E-state index in [4.69, 9.17) is 10.2 Å². The van der Waals surface area contributed by atoms with Gasteiger partial charge in [0.15, 0.2) is 0 Å². The van der Waals surface area contributed by atoms with Gasteiger partial charge in [0, 0.05) is 19.2 Å². The van der Waals surface area contributed by atoms with E-state index in [-0.39, 0.29) is 0 Å². The average Bonchev–Trinajstić information content (AvgIpc) is 3.12. The summed E-state index contributed by atoms with van der Waals surface area (Å²) in [6.45, 7) is 12.9. The standard InChI is InChI=1S/C26H47NS.CH3Cl.CH4O/c1-18(17-28-27)24(2,3)16-20-10-12-22-21-11-9-19-8-6-7-14-25(19,4)23(21)13-15-26(20,22)5;2*1-2/h18-23H,6-17,27H2,1-5H3;1H3;2H,1H3. The van der Waals surface area contributed by atoms with Gasteiger partial charge in [0.25, 0.3) is 0 Å². The average molecular weight is 488 g/mol. The first kappa shape index (κ1) is 28.8. The molecule has 0 amide bonds. The molecule has 0 spiro atoms. The Morgan fingerprint density at radius 2 is 1.59 bits per heavy atom. The van der Waals surface area contributed by atoms with Crippen LogP contribution < -0.4 is 5.14 Å². The molecule has 0 saturated heterocycles. The molecule has 4 rings (SSSR count). The number of alkyl halides is 1. The van der Waals surface area contributed by atoms with Crippen LogP contribution in [0.2, 0.25) is 0 Å². The van der Waals surface area contributed by atoms with E-state index in [1.54, 1.807) is 24.8 Å². The maximum Gasteiger partial charge on any atom is 0.0319 e. The number of nitrogens with two attached hydrogens (primary N) is 1. The number of fused-ring (bicyclic) bond motifs is 5. The van der Waals surface area contributed by atoms with Crippen LogP contribution in [0, 0.1) is 51.8 Å². The fraction of sp³-hybridized carbons (Fsp3) is 1.00. The summed E-state index contributed by atoms with van der Waals surface area (Å²) in [5.74, 6) is 6.91. The second-order valence-corrected chi connectivity index (χ2v) is 13.3. The van der Waals surface area contributed by atoms with Crippen molar-refractivity contribution < 1.29 is 5.11 Å². The van der Waals surface area contributed by atoms with Crippen molar-refractivity contribution in [2.75, 3.05) is 19.2 Å². The summed E-state index contributed by atoms with van der Waals surface area (Å²) in [5, 5.41) is 12.8. The lowest BCUT2D eigenvalue weighted by atomic mass is 9.44. The minimum atomic E-state index is 0.415. The number of rotatable bonds is 5. The quantitative estimate of drug-likeness (QED) is 0.303. The van der Waals surface area contributed by atoms with Gasteiger partial charge < -0.3 is 5.11 Å². The van der Waals surface area contributed by atoms with E-state index >= 15 is 0 Å². The van der Waals surface area contributed by atoms with Crippen LogP contribution in [0.25, 0.3) is 0 Å². The van der Waals surface area contributed by atoms with E-state index in [0.717, 1.165) is 42.5 Å². The van der Waals surface area contributed by atoms with E-state index in [1.165, 1.54) is 64.2 Å². The van der Waals surface area contributed by atoms with E-state index in [9.17, 15) is 0 Å². The third kappa shape index (κ3) is 5.36. The molecule has 0 bridgehead atoms. The summed E-state index contributed by atoms with van der Waals surface area (Å²) in [7, 11) is 1.00. The van der Waals surface area contributed by atoms with Crippen LogP contribution >= 0.6 is 23.5 Å². The first-order valence-corrected chi connectivity index (χ1v) is 15.2. The molecule has 32 heavy (non-hydrogen) atoms. The molecule has 3 N–H and O–H groups in total. The molecule has 4 fully saturated rings. The summed E-state index contributed by atoms with van der Waals surface area (Å²) in [5.41, 5.74) is 1.72. The fourth-order valence-corrected chi connectivity index (χ4v) is 9.69. The summed E-state index contributed by atoms with van der Waals surface area (Å²) in [4.78, 5) is 0. The van der Waals surface area contributed by atoms with Gasteiger partial charge in [-0.25, -0.2) is 0 Å². The van der Waals surface area contributed by atoms with Crippen molar-refractivity contribution >= 4 is 23.5 Å². The zero-order valence-corrected chi connectivity index (χ0v) is 23.8. The normalized spacial score (nSPS) is 41.6. The lowest BCUT2D eigenvalue weighted by Crippen LogP contribution is -2.52. The van der Waals surface area contributed by atoms with Gasteiger partial charge in [0.2, 0.25) is 0 Å². The van der Waals surface area contributed by atoms with Gasteiger partial charge in [-0.1, -0.05) is 59.4 Å². The molecular weight excluding hydrogens is 434 g/mol. The topological polar surface area (TPSA) is 46.2 Å². The minimum Gasteiger partial charge on any atom is -0.400 e. The Labute approximate surface area is 209 Å². The monoisotopic (exact) mass is 487 g/mol. The number of halogens is 1. The molecule has 2 nitrogen and oxygen atoms in total. The van der Waals surface area contributed by atoms with Gasteiger partial charge in [0.1, 0.15) is 0 Å². The number of aliphatic hydroxyl groups excluding tert-OH is 1. The highest BCUT2D eigenvalue weighted by Gasteiger charge is 2.59. The summed E-state index contributed by atoms with van der Waals surface area (Å²) in [6, 6.07) is 0. The molecule has 0 aromatic carbocycles. The third-order valence-corrected chi connectivity index (χ3v) is 11.9. The van der Waals surface area contributed by atoms with Crippen LogP contribution in [0.15, 0.2) is 0 Å². The largest absolute Gasteiger partial charge is 0.400 e. The van der Waals surface area contributed by atoms with Crippen LogP contribution in [-0.4, -0.2) is 24.4 Å².